The van der Waals surface area contributed by atoms with Gasteiger partial charge in [-0.15, -0.1) is 0 Å². The van der Waals surface area contributed by atoms with Gasteiger partial charge in [0.1, 0.15) is 5.75 Å². The molecule has 4 aromatic rings. The number of H-pyrrole nitrogens is 1. The molecular weight excluding hydrogens is 432 g/mol. The number of hydrogen-bond acceptors (Lipinski definition) is 4. The van der Waals surface area contributed by atoms with Gasteiger partial charge in [-0.1, -0.05) is 29.8 Å². The molecule has 2 aromatic heterocycles. The van der Waals surface area contributed by atoms with Gasteiger partial charge in [-0.2, -0.15) is 0 Å². The van der Waals surface area contributed by atoms with Gasteiger partial charge in [0.15, 0.2) is 5.11 Å². The molecule has 33 heavy (non-hydrogen) atoms. The smallest absolute Gasteiger partial charge is 0.253 e. The van der Waals surface area contributed by atoms with Crippen molar-refractivity contribution in [1.29, 1.82) is 0 Å². The minimum Gasteiger partial charge on any atom is -0.495 e. The summed E-state index contributed by atoms with van der Waals surface area (Å²) in [6.07, 6.45) is 3.54. The average molecular weight is 459 g/mol. The molecule has 0 unspecified atom stereocenters. The van der Waals surface area contributed by atoms with Crippen molar-refractivity contribution in [3.8, 4) is 5.75 Å². The van der Waals surface area contributed by atoms with Crippen LogP contribution in [0, 0.1) is 13.8 Å². The van der Waals surface area contributed by atoms with Crippen molar-refractivity contribution in [3.05, 3.63) is 99.6 Å². The minimum atomic E-state index is -0.120. The molecule has 0 aliphatic rings. The summed E-state index contributed by atoms with van der Waals surface area (Å²) in [5, 5.41) is 4.77. The number of ether oxygens (including phenoxy) is 1. The van der Waals surface area contributed by atoms with Crippen molar-refractivity contribution in [1.82, 2.24) is 14.9 Å². The van der Waals surface area contributed by atoms with Crippen LogP contribution < -0.4 is 15.6 Å². The van der Waals surface area contributed by atoms with Gasteiger partial charge in [0.05, 0.1) is 24.9 Å². The number of hydrogen-bond donors (Lipinski definition) is 2. The van der Waals surface area contributed by atoms with E-state index in [1.165, 1.54) is 0 Å². The molecule has 0 spiro atoms. The van der Waals surface area contributed by atoms with Gasteiger partial charge >= 0.3 is 0 Å². The Kier molecular flexibility index (Phi) is 6.70. The lowest BCUT2D eigenvalue weighted by Crippen LogP contribution is -2.35. The van der Waals surface area contributed by atoms with Gasteiger partial charge in [0, 0.05) is 24.5 Å². The SMILES string of the molecule is COc1ccccc1NC(=S)N(Cc1cccnc1)Cc1cc2cc(C)cc(C)c2[nH]c1=O. The standard InChI is InChI=1S/C26H26N4O2S/c1-17-11-18(2)24-20(12-17)13-21(25(31)29-24)16-30(15-19-7-6-10-27-14-19)26(33)28-22-8-4-5-9-23(22)32-3/h4-14H,15-16H2,1-3H3,(H,28,33)(H,29,31). The summed E-state index contributed by atoms with van der Waals surface area (Å²) in [6.45, 7) is 4.90. The molecule has 0 radical (unpaired) electrons. The fourth-order valence-electron chi connectivity index (χ4n) is 3.91. The summed E-state index contributed by atoms with van der Waals surface area (Å²) in [6, 6.07) is 17.6. The van der Waals surface area contributed by atoms with E-state index in [1.807, 2.05) is 54.3 Å². The molecule has 7 heteroatoms. The van der Waals surface area contributed by atoms with Crippen LogP contribution in [0.4, 0.5) is 5.69 Å². The fourth-order valence-corrected chi connectivity index (χ4v) is 4.15. The lowest BCUT2D eigenvalue weighted by atomic mass is 10.1. The van der Waals surface area contributed by atoms with Crippen molar-refractivity contribution in [3.63, 3.8) is 0 Å². The van der Waals surface area contributed by atoms with Crippen LogP contribution in [0.5, 0.6) is 5.75 Å². The highest BCUT2D eigenvalue weighted by Gasteiger charge is 2.16. The molecule has 168 valence electrons. The van der Waals surface area contributed by atoms with Gasteiger partial charge in [-0.05, 0) is 72.9 Å². The number of pyridine rings is 2. The minimum absolute atomic E-state index is 0.120. The van der Waals surface area contributed by atoms with Gasteiger partial charge in [-0.25, -0.2) is 0 Å². The van der Waals surface area contributed by atoms with Crippen LogP contribution in [0.15, 0.2) is 71.8 Å². The first-order chi connectivity index (χ1) is 15.9. The number of para-hydroxylation sites is 2. The van der Waals surface area contributed by atoms with Crippen molar-refractivity contribution in [2.75, 3.05) is 12.4 Å². The van der Waals surface area contributed by atoms with Crippen LogP contribution in [0.25, 0.3) is 10.9 Å². The van der Waals surface area contributed by atoms with Gasteiger partial charge in [0.25, 0.3) is 5.56 Å². The van der Waals surface area contributed by atoms with E-state index in [1.54, 1.807) is 19.5 Å². The molecule has 0 fully saturated rings. The third-order valence-corrected chi connectivity index (χ3v) is 5.82. The molecule has 2 N–H and O–H groups in total. The Bertz CT molecular complexity index is 1350. The highest BCUT2D eigenvalue weighted by atomic mass is 32.1. The maximum atomic E-state index is 13.0. The lowest BCUT2D eigenvalue weighted by Gasteiger charge is -2.26. The number of aromatic nitrogens is 2. The van der Waals surface area contributed by atoms with E-state index in [2.05, 4.69) is 34.3 Å². The number of benzene rings is 2. The van der Waals surface area contributed by atoms with E-state index >= 15 is 0 Å². The highest BCUT2D eigenvalue weighted by Crippen LogP contribution is 2.24. The Hall–Kier alpha value is -3.71. The zero-order chi connectivity index (χ0) is 23.4. The number of fused-ring (bicyclic) bond motifs is 1. The van der Waals surface area contributed by atoms with E-state index in [4.69, 9.17) is 17.0 Å². The first-order valence-electron chi connectivity index (χ1n) is 10.7. The molecule has 6 nitrogen and oxygen atoms in total. The van der Waals surface area contributed by atoms with Crippen LogP contribution >= 0.6 is 12.2 Å². The maximum Gasteiger partial charge on any atom is 0.253 e. The maximum absolute atomic E-state index is 13.0. The van der Waals surface area contributed by atoms with Crippen molar-refractivity contribution in [2.45, 2.75) is 26.9 Å². The molecule has 0 aliphatic carbocycles. The quantitative estimate of drug-likeness (QED) is 0.399. The number of anilines is 1. The van der Waals surface area contributed by atoms with E-state index in [9.17, 15) is 4.79 Å². The van der Waals surface area contributed by atoms with Gasteiger partial charge in [0.2, 0.25) is 0 Å². The van der Waals surface area contributed by atoms with Crippen molar-refractivity contribution < 1.29 is 4.74 Å². The Morgan fingerprint density at radius 2 is 1.94 bits per heavy atom. The zero-order valence-corrected chi connectivity index (χ0v) is 19.7. The monoisotopic (exact) mass is 458 g/mol. The van der Waals surface area contributed by atoms with E-state index in [0.29, 0.717) is 29.5 Å². The van der Waals surface area contributed by atoms with Crippen LogP contribution in [0.3, 0.4) is 0 Å². The zero-order valence-electron chi connectivity index (χ0n) is 18.9. The van der Waals surface area contributed by atoms with Crippen molar-refractivity contribution >= 4 is 33.9 Å². The van der Waals surface area contributed by atoms with Gasteiger partial charge < -0.3 is 19.9 Å². The predicted molar refractivity (Wildman–Crippen MR) is 137 cm³/mol. The third-order valence-electron chi connectivity index (χ3n) is 5.46. The van der Waals surface area contributed by atoms with Crippen LogP contribution in [0.1, 0.15) is 22.3 Å². The number of rotatable bonds is 6. The predicted octanol–water partition coefficient (Wildman–Crippen LogP) is 4.95. The number of aryl methyl sites for hydroxylation is 2. The molecule has 0 saturated carbocycles. The Morgan fingerprint density at radius 1 is 1.12 bits per heavy atom. The number of methoxy groups -OCH3 is 1. The van der Waals surface area contributed by atoms with E-state index < -0.39 is 0 Å². The lowest BCUT2D eigenvalue weighted by molar-refractivity contribution is 0.407. The second kappa shape index (κ2) is 9.83. The number of aromatic amines is 1. The molecule has 0 aliphatic heterocycles. The molecule has 0 saturated heterocycles. The molecule has 2 aromatic carbocycles. The summed E-state index contributed by atoms with van der Waals surface area (Å²) < 4.78 is 5.45. The topological polar surface area (TPSA) is 70.2 Å². The first-order valence-corrected chi connectivity index (χ1v) is 11.1. The third kappa shape index (κ3) is 5.21. The Morgan fingerprint density at radius 3 is 2.70 bits per heavy atom. The molecule has 2 heterocycles. The summed E-state index contributed by atoms with van der Waals surface area (Å²) in [5.74, 6) is 0.690. The highest BCUT2D eigenvalue weighted by molar-refractivity contribution is 7.80. The van der Waals surface area contributed by atoms with Crippen molar-refractivity contribution in [2.24, 2.45) is 0 Å². The molecular formula is C26H26N4O2S. The Balaban J connectivity index is 1.68. The fraction of sp³-hybridized carbons (Fsp3) is 0.192. The van der Waals surface area contributed by atoms with Crippen LogP contribution in [-0.2, 0) is 13.1 Å². The van der Waals surface area contributed by atoms with E-state index in [0.717, 1.165) is 33.3 Å². The number of nitrogens with one attached hydrogen (secondary N) is 2. The summed E-state index contributed by atoms with van der Waals surface area (Å²) >= 11 is 5.77. The normalized spacial score (nSPS) is 10.8. The first kappa shape index (κ1) is 22.5. The second-order valence-corrected chi connectivity index (χ2v) is 8.40. The van der Waals surface area contributed by atoms with Gasteiger partial charge in [-0.3, -0.25) is 9.78 Å². The summed E-state index contributed by atoms with van der Waals surface area (Å²) in [7, 11) is 1.62. The Labute approximate surface area is 198 Å². The largest absolute Gasteiger partial charge is 0.495 e. The number of thiocarbonyl (C=S) groups is 1. The molecule has 0 bridgehead atoms. The second-order valence-electron chi connectivity index (χ2n) is 8.02. The van der Waals surface area contributed by atoms with Crippen LogP contribution in [0.2, 0.25) is 0 Å². The van der Waals surface area contributed by atoms with E-state index in [-0.39, 0.29) is 5.56 Å². The van der Waals surface area contributed by atoms with Crippen LogP contribution in [-0.4, -0.2) is 27.1 Å². The molecule has 4 rings (SSSR count). The summed E-state index contributed by atoms with van der Waals surface area (Å²) in [4.78, 5) is 22.2. The number of nitrogens with zero attached hydrogens (tertiary/aromatic N) is 2. The summed E-state index contributed by atoms with van der Waals surface area (Å²) in [5.41, 5.74) is 5.34. The molecule has 0 atom stereocenters. The molecule has 0 amide bonds. The average Bonchev–Trinajstić information content (AvgIpc) is 2.80.